The molecular formula is C27H22N2O4. The number of methoxy groups -OCH3 is 1. The van der Waals surface area contributed by atoms with Gasteiger partial charge in [0.25, 0.3) is 5.91 Å². The second-order valence-electron chi connectivity index (χ2n) is 6.91. The third kappa shape index (κ3) is 5.96. The number of carbonyl (C=O) groups is 2. The SMILES string of the molecule is C=CCNC(=O)C(C#N)=Cc1ccc(OC(=O)c2ccc(-c3ccccc3)cc2)c(OC)c1. The van der Waals surface area contributed by atoms with Crippen molar-refractivity contribution in [2.45, 2.75) is 0 Å². The van der Waals surface area contributed by atoms with E-state index in [9.17, 15) is 14.9 Å². The van der Waals surface area contributed by atoms with E-state index in [-0.39, 0.29) is 17.9 Å². The molecule has 0 saturated heterocycles. The fraction of sp³-hybridized carbons (Fsp3) is 0.0741. The van der Waals surface area contributed by atoms with Crippen molar-refractivity contribution >= 4 is 18.0 Å². The van der Waals surface area contributed by atoms with Crippen LogP contribution in [0, 0.1) is 11.3 Å². The van der Waals surface area contributed by atoms with E-state index < -0.39 is 11.9 Å². The summed E-state index contributed by atoms with van der Waals surface area (Å²) in [6.07, 6.45) is 2.95. The summed E-state index contributed by atoms with van der Waals surface area (Å²) in [4.78, 5) is 24.7. The lowest BCUT2D eigenvalue weighted by Gasteiger charge is -2.11. The zero-order chi connectivity index (χ0) is 23.6. The summed E-state index contributed by atoms with van der Waals surface area (Å²) in [5, 5.41) is 11.8. The maximum Gasteiger partial charge on any atom is 0.343 e. The van der Waals surface area contributed by atoms with E-state index in [1.54, 1.807) is 30.3 Å². The van der Waals surface area contributed by atoms with Gasteiger partial charge in [0.15, 0.2) is 11.5 Å². The number of carbonyl (C=O) groups excluding carboxylic acids is 2. The minimum absolute atomic E-state index is 0.0675. The number of nitrogens with zero attached hydrogens (tertiary/aromatic N) is 1. The highest BCUT2D eigenvalue weighted by Crippen LogP contribution is 2.30. The molecule has 0 atom stereocenters. The van der Waals surface area contributed by atoms with Crippen LogP contribution in [-0.4, -0.2) is 25.5 Å². The van der Waals surface area contributed by atoms with Crippen LogP contribution in [0.5, 0.6) is 11.5 Å². The average molecular weight is 438 g/mol. The number of ether oxygens (including phenoxy) is 2. The number of nitrogens with one attached hydrogen (secondary N) is 1. The number of hydrogen-bond acceptors (Lipinski definition) is 5. The Balaban J connectivity index is 1.76. The fourth-order valence-corrected chi connectivity index (χ4v) is 3.02. The molecule has 1 N–H and O–H groups in total. The third-order valence-electron chi connectivity index (χ3n) is 4.70. The number of rotatable bonds is 8. The fourth-order valence-electron chi connectivity index (χ4n) is 3.02. The van der Waals surface area contributed by atoms with Gasteiger partial charge in [-0.2, -0.15) is 5.26 Å². The summed E-state index contributed by atoms with van der Waals surface area (Å²) in [5.41, 5.74) is 2.92. The van der Waals surface area contributed by atoms with Crippen molar-refractivity contribution in [3.63, 3.8) is 0 Å². The van der Waals surface area contributed by atoms with E-state index in [0.717, 1.165) is 11.1 Å². The minimum Gasteiger partial charge on any atom is -0.493 e. The molecule has 3 rings (SSSR count). The lowest BCUT2D eigenvalue weighted by Crippen LogP contribution is -2.24. The van der Waals surface area contributed by atoms with Crippen LogP contribution in [0.25, 0.3) is 17.2 Å². The normalized spacial score (nSPS) is 10.6. The molecule has 6 nitrogen and oxygen atoms in total. The molecule has 164 valence electrons. The molecule has 6 heteroatoms. The van der Waals surface area contributed by atoms with E-state index in [1.165, 1.54) is 19.3 Å². The first-order chi connectivity index (χ1) is 16.0. The molecule has 0 unspecified atom stereocenters. The average Bonchev–Trinajstić information content (AvgIpc) is 2.87. The van der Waals surface area contributed by atoms with Gasteiger partial charge in [0.05, 0.1) is 12.7 Å². The van der Waals surface area contributed by atoms with E-state index in [2.05, 4.69) is 11.9 Å². The second kappa shape index (κ2) is 11.1. The highest BCUT2D eigenvalue weighted by atomic mass is 16.6. The molecule has 0 aliphatic carbocycles. The lowest BCUT2D eigenvalue weighted by atomic mass is 10.0. The molecule has 0 aliphatic rings. The van der Waals surface area contributed by atoms with Gasteiger partial charge in [-0.15, -0.1) is 6.58 Å². The largest absolute Gasteiger partial charge is 0.493 e. The standard InChI is InChI=1S/C27H22N2O4/c1-3-15-29-26(30)23(18-28)16-19-9-14-24(25(17-19)32-2)33-27(31)22-12-10-21(11-13-22)20-7-5-4-6-8-20/h3-14,16-17H,1,15H2,2H3,(H,29,30). The van der Waals surface area contributed by atoms with Crippen LogP contribution in [0.15, 0.2) is 91.0 Å². The number of benzene rings is 3. The van der Waals surface area contributed by atoms with Crippen molar-refractivity contribution in [3.05, 3.63) is 102 Å². The summed E-state index contributed by atoms with van der Waals surface area (Å²) in [6.45, 7) is 3.78. The van der Waals surface area contributed by atoms with Crippen molar-refractivity contribution in [1.82, 2.24) is 5.32 Å². The first kappa shape index (κ1) is 23.0. The molecule has 0 heterocycles. The predicted octanol–water partition coefficient (Wildman–Crippen LogP) is 4.79. The topological polar surface area (TPSA) is 88.4 Å². The van der Waals surface area contributed by atoms with Gasteiger partial charge in [0.2, 0.25) is 0 Å². The van der Waals surface area contributed by atoms with Gasteiger partial charge in [0, 0.05) is 6.54 Å². The molecule has 33 heavy (non-hydrogen) atoms. The Kier molecular flexibility index (Phi) is 7.76. The zero-order valence-corrected chi connectivity index (χ0v) is 18.1. The summed E-state index contributed by atoms with van der Waals surface area (Å²) in [6, 6.07) is 23.6. The monoisotopic (exact) mass is 438 g/mol. The smallest absolute Gasteiger partial charge is 0.343 e. The van der Waals surface area contributed by atoms with Crippen molar-refractivity contribution in [3.8, 4) is 28.7 Å². The predicted molar refractivity (Wildman–Crippen MR) is 127 cm³/mol. The van der Waals surface area contributed by atoms with Gasteiger partial charge in [0.1, 0.15) is 11.6 Å². The van der Waals surface area contributed by atoms with Crippen LogP contribution in [0.3, 0.4) is 0 Å². The Hall–Kier alpha value is -4.63. The van der Waals surface area contributed by atoms with Crippen LogP contribution in [0.1, 0.15) is 15.9 Å². The molecule has 0 bridgehead atoms. The lowest BCUT2D eigenvalue weighted by molar-refractivity contribution is -0.116. The highest BCUT2D eigenvalue weighted by Gasteiger charge is 2.14. The molecule has 0 fully saturated rings. The Labute approximate surface area is 192 Å². The molecular weight excluding hydrogens is 416 g/mol. The Morgan fingerprint density at radius 1 is 1.00 bits per heavy atom. The Morgan fingerprint density at radius 3 is 2.33 bits per heavy atom. The summed E-state index contributed by atoms with van der Waals surface area (Å²) in [5.74, 6) is -0.522. The Morgan fingerprint density at radius 2 is 1.70 bits per heavy atom. The van der Waals surface area contributed by atoms with Crippen molar-refractivity contribution < 1.29 is 19.1 Å². The molecule has 0 saturated carbocycles. The molecule has 0 aromatic heterocycles. The van der Waals surface area contributed by atoms with Crippen LogP contribution in [0.2, 0.25) is 0 Å². The molecule has 3 aromatic rings. The first-order valence-electron chi connectivity index (χ1n) is 10.1. The van der Waals surface area contributed by atoms with E-state index in [1.807, 2.05) is 48.5 Å². The summed E-state index contributed by atoms with van der Waals surface area (Å²) in [7, 11) is 1.44. The number of esters is 1. The van der Waals surface area contributed by atoms with Gasteiger partial charge in [-0.05, 0) is 47.0 Å². The molecule has 0 spiro atoms. The maximum atomic E-state index is 12.6. The second-order valence-corrected chi connectivity index (χ2v) is 6.91. The number of nitriles is 1. The number of amides is 1. The van der Waals surface area contributed by atoms with Crippen molar-refractivity contribution in [2.75, 3.05) is 13.7 Å². The third-order valence-corrected chi connectivity index (χ3v) is 4.70. The summed E-state index contributed by atoms with van der Waals surface area (Å²) >= 11 is 0. The highest BCUT2D eigenvalue weighted by molar-refractivity contribution is 6.01. The van der Waals surface area contributed by atoms with E-state index >= 15 is 0 Å². The van der Waals surface area contributed by atoms with Crippen molar-refractivity contribution in [2.24, 2.45) is 0 Å². The van der Waals surface area contributed by atoms with Gasteiger partial charge in [-0.1, -0.05) is 54.6 Å². The van der Waals surface area contributed by atoms with Gasteiger partial charge in [-0.25, -0.2) is 4.79 Å². The zero-order valence-electron chi connectivity index (χ0n) is 18.1. The van der Waals surface area contributed by atoms with E-state index in [0.29, 0.717) is 16.9 Å². The van der Waals surface area contributed by atoms with Crippen LogP contribution < -0.4 is 14.8 Å². The van der Waals surface area contributed by atoms with Crippen LogP contribution >= 0.6 is 0 Å². The minimum atomic E-state index is -0.530. The number of hydrogen-bond donors (Lipinski definition) is 1. The van der Waals surface area contributed by atoms with Crippen LogP contribution in [-0.2, 0) is 4.79 Å². The Bertz CT molecular complexity index is 1220. The van der Waals surface area contributed by atoms with Crippen molar-refractivity contribution in [1.29, 1.82) is 5.26 Å². The quantitative estimate of drug-likeness (QED) is 0.180. The van der Waals surface area contributed by atoms with Gasteiger partial charge in [-0.3, -0.25) is 4.79 Å². The first-order valence-corrected chi connectivity index (χ1v) is 10.1. The van der Waals surface area contributed by atoms with E-state index in [4.69, 9.17) is 9.47 Å². The van der Waals surface area contributed by atoms with Gasteiger partial charge < -0.3 is 14.8 Å². The maximum absolute atomic E-state index is 12.6. The van der Waals surface area contributed by atoms with Crippen LogP contribution in [0.4, 0.5) is 0 Å². The summed E-state index contributed by atoms with van der Waals surface area (Å²) < 4.78 is 10.9. The molecule has 0 aliphatic heterocycles. The molecule has 3 aromatic carbocycles. The molecule has 0 radical (unpaired) electrons. The van der Waals surface area contributed by atoms with Gasteiger partial charge >= 0.3 is 5.97 Å². The molecule has 1 amide bonds.